The summed E-state index contributed by atoms with van der Waals surface area (Å²) in [6, 6.07) is 0. The molecule has 0 saturated heterocycles. The third-order valence-corrected chi connectivity index (χ3v) is 5.65. The van der Waals surface area contributed by atoms with Crippen molar-refractivity contribution in [1.29, 1.82) is 0 Å². The highest BCUT2D eigenvalue weighted by Gasteiger charge is 2.36. The summed E-state index contributed by atoms with van der Waals surface area (Å²) in [6.45, 7) is 8.28. The van der Waals surface area contributed by atoms with Crippen LogP contribution in [0.3, 0.4) is 0 Å². The lowest BCUT2D eigenvalue weighted by molar-refractivity contribution is -0.173. The molecule has 1 rings (SSSR count). The molecule has 22 heavy (non-hydrogen) atoms. The van der Waals surface area contributed by atoms with E-state index in [0.29, 0.717) is 0 Å². The van der Waals surface area contributed by atoms with Gasteiger partial charge in [0.2, 0.25) is 0 Å². The number of ether oxygens (including phenoxy) is 1. The minimum absolute atomic E-state index is 0.00365. The lowest BCUT2D eigenvalue weighted by Gasteiger charge is -2.36. The fourth-order valence-corrected chi connectivity index (χ4v) is 3.26. The molecule has 0 atom stereocenters. The van der Waals surface area contributed by atoms with Crippen LogP contribution in [0.5, 0.6) is 0 Å². The second-order valence-electron chi connectivity index (χ2n) is 7.85. The lowest BCUT2D eigenvalue weighted by Crippen LogP contribution is -2.39. The Hall–Kier alpha value is -0.530. The van der Waals surface area contributed by atoms with Crippen molar-refractivity contribution in [3.63, 3.8) is 0 Å². The normalized spacial score (nSPS) is 21.5. The summed E-state index contributed by atoms with van der Waals surface area (Å²) in [6.07, 6.45) is 15.7. The SMILES string of the molecule is CCC1(OC(=O)C(C)(C)CC)CCCCCCCCCCC1. The molecule has 0 bridgehead atoms. The number of esters is 1. The van der Waals surface area contributed by atoms with E-state index < -0.39 is 0 Å². The first-order valence-electron chi connectivity index (χ1n) is 9.69. The Morgan fingerprint density at radius 3 is 1.64 bits per heavy atom. The van der Waals surface area contributed by atoms with Crippen LogP contribution < -0.4 is 0 Å². The molecule has 1 fully saturated rings. The summed E-state index contributed by atoms with van der Waals surface area (Å²) >= 11 is 0. The van der Waals surface area contributed by atoms with E-state index in [4.69, 9.17) is 4.74 Å². The summed E-state index contributed by atoms with van der Waals surface area (Å²) in [5.41, 5.74) is -0.561. The topological polar surface area (TPSA) is 26.3 Å². The van der Waals surface area contributed by atoms with Gasteiger partial charge >= 0.3 is 5.97 Å². The van der Waals surface area contributed by atoms with Gasteiger partial charge in [-0.25, -0.2) is 0 Å². The van der Waals surface area contributed by atoms with Crippen LogP contribution in [0.4, 0.5) is 0 Å². The first-order chi connectivity index (χ1) is 10.5. The van der Waals surface area contributed by atoms with E-state index >= 15 is 0 Å². The van der Waals surface area contributed by atoms with E-state index in [-0.39, 0.29) is 17.0 Å². The van der Waals surface area contributed by atoms with Crippen LogP contribution in [0.2, 0.25) is 0 Å². The monoisotopic (exact) mass is 310 g/mol. The van der Waals surface area contributed by atoms with Crippen molar-refractivity contribution in [3.05, 3.63) is 0 Å². The zero-order valence-corrected chi connectivity index (χ0v) is 15.5. The van der Waals surface area contributed by atoms with E-state index in [0.717, 1.165) is 25.7 Å². The molecule has 0 aromatic carbocycles. The number of hydrogen-bond donors (Lipinski definition) is 0. The van der Waals surface area contributed by atoms with Gasteiger partial charge in [0, 0.05) is 0 Å². The fraction of sp³-hybridized carbons (Fsp3) is 0.950. The lowest BCUT2D eigenvalue weighted by atomic mass is 9.85. The van der Waals surface area contributed by atoms with Gasteiger partial charge in [0.05, 0.1) is 5.41 Å². The predicted molar refractivity (Wildman–Crippen MR) is 94.0 cm³/mol. The molecule has 0 aromatic heterocycles. The van der Waals surface area contributed by atoms with Crippen LogP contribution in [-0.2, 0) is 9.53 Å². The molecule has 0 unspecified atom stereocenters. The molecule has 0 spiro atoms. The highest BCUT2D eigenvalue weighted by Crippen LogP contribution is 2.34. The van der Waals surface area contributed by atoms with Crippen molar-refractivity contribution >= 4 is 5.97 Å². The van der Waals surface area contributed by atoms with Gasteiger partial charge < -0.3 is 4.74 Å². The second-order valence-corrected chi connectivity index (χ2v) is 7.85. The maximum Gasteiger partial charge on any atom is 0.312 e. The molecule has 0 N–H and O–H groups in total. The average Bonchev–Trinajstić information content (AvgIpc) is 2.50. The van der Waals surface area contributed by atoms with Crippen LogP contribution >= 0.6 is 0 Å². The smallest absolute Gasteiger partial charge is 0.312 e. The molecule has 1 aliphatic carbocycles. The minimum atomic E-state index is -0.355. The van der Waals surface area contributed by atoms with Crippen molar-refractivity contribution in [3.8, 4) is 0 Å². The predicted octanol–water partition coefficient (Wildman–Crippen LogP) is 6.42. The molecule has 1 aliphatic rings. The molecule has 0 radical (unpaired) electrons. The molecule has 0 heterocycles. The van der Waals surface area contributed by atoms with Crippen LogP contribution in [0.1, 0.15) is 111 Å². The van der Waals surface area contributed by atoms with Crippen molar-refractivity contribution in [1.82, 2.24) is 0 Å². The van der Waals surface area contributed by atoms with Crippen LogP contribution in [-0.4, -0.2) is 11.6 Å². The second kappa shape index (κ2) is 9.57. The van der Waals surface area contributed by atoms with E-state index in [9.17, 15) is 4.79 Å². The fourth-order valence-electron chi connectivity index (χ4n) is 3.26. The minimum Gasteiger partial charge on any atom is -0.459 e. The van der Waals surface area contributed by atoms with E-state index in [1.165, 1.54) is 57.8 Å². The van der Waals surface area contributed by atoms with Crippen molar-refractivity contribution in [2.24, 2.45) is 5.41 Å². The van der Waals surface area contributed by atoms with Gasteiger partial charge in [0.25, 0.3) is 0 Å². The Balaban J connectivity index is 2.72. The third-order valence-electron chi connectivity index (χ3n) is 5.65. The summed E-state index contributed by atoms with van der Waals surface area (Å²) in [7, 11) is 0. The van der Waals surface area contributed by atoms with E-state index in [1.807, 2.05) is 13.8 Å². The summed E-state index contributed by atoms with van der Waals surface area (Å²) < 4.78 is 6.15. The van der Waals surface area contributed by atoms with Gasteiger partial charge in [0.1, 0.15) is 5.60 Å². The van der Waals surface area contributed by atoms with Gasteiger partial charge in [0.15, 0.2) is 0 Å². The Kier molecular flexibility index (Phi) is 8.49. The molecular formula is C20H38O2. The molecule has 0 amide bonds. The molecule has 2 nitrogen and oxygen atoms in total. The maximum atomic E-state index is 12.6. The maximum absolute atomic E-state index is 12.6. The number of carbonyl (C=O) groups is 1. The van der Waals surface area contributed by atoms with Crippen molar-refractivity contribution in [2.45, 2.75) is 117 Å². The summed E-state index contributed by atoms with van der Waals surface area (Å²) in [5, 5.41) is 0. The van der Waals surface area contributed by atoms with Gasteiger partial charge in [-0.1, -0.05) is 58.8 Å². The zero-order valence-electron chi connectivity index (χ0n) is 15.5. The van der Waals surface area contributed by atoms with Crippen molar-refractivity contribution in [2.75, 3.05) is 0 Å². The Morgan fingerprint density at radius 2 is 1.27 bits per heavy atom. The summed E-state index contributed by atoms with van der Waals surface area (Å²) in [4.78, 5) is 12.6. The van der Waals surface area contributed by atoms with Crippen molar-refractivity contribution < 1.29 is 9.53 Å². The molecule has 1 saturated carbocycles. The first kappa shape index (κ1) is 19.5. The van der Waals surface area contributed by atoms with Crippen LogP contribution in [0.15, 0.2) is 0 Å². The van der Waals surface area contributed by atoms with E-state index in [1.54, 1.807) is 0 Å². The third kappa shape index (κ3) is 6.30. The Bertz CT molecular complexity index is 308. The van der Waals surface area contributed by atoms with E-state index in [2.05, 4.69) is 13.8 Å². The Labute approximate surface area is 138 Å². The molecule has 130 valence electrons. The standard InChI is InChI=1S/C20H38O2/c1-5-19(3,4)18(21)22-20(6-2)16-14-12-10-8-7-9-11-13-15-17-20/h5-17H2,1-4H3. The summed E-state index contributed by atoms with van der Waals surface area (Å²) in [5.74, 6) is 0.00365. The molecular weight excluding hydrogens is 272 g/mol. The van der Waals surface area contributed by atoms with Crippen LogP contribution in [0.25, 0.3) is 0 Å². The van der Waals surface area contributed by atoms with Gasteiger partial charge in [-0.3, -0.25) is 4.79 Å². The number of hydrogen-bond acceptors (Lipinski definition) is 2. The van der Waals surface area contributed by atoms with Crippen LogP contribution in [0, 0.1) is 5.41 Å². The highest BCUT2D eigenvalue weighted by molar-refractivity contribution is 5.76. The zero-order chi connectivity index (χ0) is 16.5. The number of carbonyl (C=O) groups excluding carboxylic acids is 1. The molecule has 0 aromatic rings. The van der Waals surface area contributed by atoms with Gasteiger partial charge in [-0.15, -0.1) is 0 Å². The first-order valence-corrected chi connectivity index (χ1v) is 9.69. The van der Waals surface area contributed by atoms with Gasteiger partial charge in [-0.05, 0) is 52.4 Å². The number of rotatable bonds is 4. The Morgan fingerprint density at radius 1 is 0.864 bits per heavy atom. The largest absolute Gasteiger partial charge is 0.459 e. The molecule has 0 aliphatic heterocycles. The van der Waals surface area contributed by atoms with Gasteiger partial charge in [-0.2, -0.15) is 0 Å². The molecule has 2 heteroatoms. The quantitative estimate of drug-likeness (QED) is 0.560. The highest BCUT2D eigenvalue weighted by atomic mass is 16.6. The average molecular weight is 311 g/mol.